The largest absolute Gasteiger partial charge is 0.493 e. The van der Waals surface area contributed by atoms with Crippen molar-refractivity contribution < 1.29 is 9.53 Å². The Hall–Kier alpha value is -3.30. The lowest BCUT2D eigenvalue weighted by Gasteiger charge is -2.30. The molecule has 2 aromatic carbocycles. The molecule has 0 saturated carbocycles. The summed E-state index contributed by atoms with van der Waals surface area (Å²) in [6.45, 7) is 8.05. The predicted molar refractivity (Wildman–Crippen MR) is 142 cm³/mol. The van der Waals surface area contributed by atoms with E-state index in [0.717, 1.165) is 41.8 Å². The lowest BCUT2D eigenvalue weighted by molar-refractivity contribution is -0.120. The Morgan fingerprint density at radius 1 is 1.22 bits per heavy atom. The number of amides is 1. The third kappa shape index (κ3) is 6.47. The van der Waals surface area contributed by atoms with Gasteiger partial charge in [-0.2, -0.15) is 10.4 Å². The molecule has 0 aliphatic carbocycles. The van der Waals surface area contributed by atoms with Crippen molar-refractivity contribution in [2.45, 2.75) is 53.0 Å². The minimum Gasteiger partial charge on any atom is -0.493 e. The summed E-state index contributed by atoms with van der Waals surface area (Å²) in [7, 11) is 0. The zero-order chi connectivity index (χ0) is 25.7. The lowest BCUT2D eigenvalue weighted by atomic mass is 9.90. The van der Waals surface area contributed by atoms with E-state index in [1.165, 1.54) is 0 Å². The SMILES string of the molecule is Cc1cc(N2CCC(CCc3cccc(C#N)c3)CC2=O)nn1Cc1cc(Cl)ccc1OCC(C)C. The summed E-state index contributed by atoms with van der Waals surface area (Å²) in [5, 5.41) is 14.5. The first-order valence-electron chi connectivity index (χ1n) is 12.6. The number of anilines is 1. The fourth-order valence-electron chi connectivity index (χ4n) is 4.57. The summed E-state index contributed by atoms with van der Waals surface area (Å²) in [6, 6.07) is 17.6. The molecule has 0 spiro atoms. The summed E-state index contributed by atoms with van der Waals surface area (Å²) in [6.07, 6.45) is 3.28. The zero-order valence-corrected chi connectivity index (χ0v) is 22.0. The van der Waals surface area contributed by atoms with E-state index in [1.807, 2.05) is 65.0 Å². The first-order valence-corrected chi connectivity index (χ1v) is 12.9. The lowest BCUT2D eigenvalue weighted by Crippen LogP contribution is -2.39. The van der Waals surface area contributed by atoms with E-state index in [9.17, 15) is 4.79 Å². The maximum Gasteiger partial charge on any atom is 0.228 e. The summed E-state index contributed by atoms with van der Waals surface area (Å²) in [4.78, 5) is 14.8. The Morgan fingerprint density at radius 2 is 2.06 bits per heavy atom. The van der Waals surface area contributed by atoms with Gasteiger partial charge in [0.1, 0.15) is 5.75 Å². The third-order valence-electron chi connectivity index (χ3n) is 6.58. The van der Waals surface area contributed by atoms with E-state index in [4.69, 9.17) is 26.7 Å². The van der Waals surface area contributed by atoms with E-state index >= 15 is 0 Å². The van der Waals surface area contributed by atoms with Gasteiger partial charge in [0.25, 0.3) is 0 Å². The van der Waals surface area contributed by atoms with Crippen LogP contribution in [-0.4, -0.2) is 28.8 Å². The number of aromatic nitrogens is 2. The van der Waals surface area contributed by atoms with Gasteiger partial charge in [0, 0.05) is 35.3 Å². The molecule has 1 aliphatic heterocycles. The van der Waals surface area contributed by atoms with Crippen molar-refractivity contribution in [3.63, 3.8) is 0 Å². The quantitative estimate of drug-likeness (QED) is 0.349. The van der Waals surface area contributed by atoms with Crippen molar-refractivity contribution in [1.29, 1.82) is 5.26 Å². The number of carbonyl (C=O) groups excluding carboxylic acids is 1. The molecule has 1 fully saturated rings. The van der Waals surface area contributed by atoms with Crippen LogP contribution >= 0.6 is 11.6 Å². The summed E-state index contributed by atoms with van der Waals surface area (Å²) >= 11 is 6.27. The molecule has 1 aromatic heterocycles. The Morgan fingerprint density at radius 3 is 2.81 bits per heavy atom. The highest BCUT2D eigenvalue weighted by Crippen LogP contribution is 2.29. The molecule has 2 heterocycles. The molecule has 1 aliphatic rings. The van der Waals surface area contributed by atoms with Gasteiger partial charge in [0.2, 0.25) is 5.91 Å². The minimum absolute atomic E-state index is 0.116. The van der Waals surface area contributed by atoms with Crippen molar-refractivity contribution in [2.24, 2.45) is 11.8 Å². The summed E-state index contributed by atoms with van der Waals surface area (Å²) in [5.74, 6) is 2.38. The maximum atomic E-state index is 13.0. The molecule has 7 heteroatoms. The number of halogens is 1. The van der Waals surface area contributed by atoms with Gasteiger partial charge in [-0.05, 0) is 73.9 Å². The number of nitriles is 1. The molecule has 1 amide bonds. The summed E-state index contributed by atoms with van der Waals surface area (Å²) < 4.78 is 7.91. The monoisotopic (exact) mass is 504 g/mol. The van der Waals surface area contributed by atoms with Crippen LogP contribution in [0.4, 0.5) is 5.82 Å². The Labute approximate surface area is 218 Å². The van der Waals surface area contributed by atoms with E-state index in [0.29, 0.717) is 54.4 Å². The fourth-order valence-corrected chi connectivity index (χ4v) is 4.76. The number of benzene rings is 2. The van der Waals surface area contributed by atoms with Crippen LogP contribution < -0.4 is 9.64 Å². The maximum absolute atomic E-state index is 13.0. The van der Waals surface area contributed by atoms with Gasteiger partial charge < -0.3 is 4.74 Å². The van der Waals surface area contributed by atoms with Gasteiger partial charge in [-0.25, -0.2) is 0 Å². The molecule has 0 radical (unpaired) electrons. The second kappa shape index (κ2) is 11.6. The van der Waals surface area contributed by atoms with Crippen LogP contribution in [0.1, 0.15) is 55.5 Å². The number of rotatable bonds is 9. The predicted octanol–water partition coefficient (Wildman–Crippen LogP) is 6.18. The van der Waals surface area contributed by atoms with Gasteiger partial charge in [0.15, 0.2) is 5.82 Å². The van der Waals surface area contributed by atoms with E-state index in [2.05, 4.69) is 19.9 Å². The second-order valence-corrected chi connectivity index (χ2v) is 10.4. The molecule has 1 saturated heterocycles. The van der Waals surface area contributed by atoms with Crippen LogP contribution in [0.25, 0.3) is 0 Å². The molecule has 1 unspecified atom stereocenters. The van der Waals surface area contributed by atoms with Crippen molar-refractivity contribution in [3.05, 3.63) is 75.9 Å². The molecule has 3 aromatic rings. The van der Waals surface area contributed by atoms with Crippen LogP contribution in [-0.2, 0) is 17.8 Å². The van der Waals surface area contributed by atoms with Crippen molar-refractivity contribution in [2.75, 3.05) is 18.1 Å². The number of hydrogen-bond acceptors (Lipinski definition) is 4. The molecule has 188 valence electrons. The second-order valence-electron chi connectivity index (χ2n) is 10.0. The molecule has 36 heavy (non-hydrogen) atoms. The molecule has 6 nitrogen and oxygen atoms in total. The van der Waals surface area contributed by atoms with Gasteiger partial charge in [-0.3, -0.25) is 14.4 Å². The van der Waals surface area contributed by atoms with Crippen LogP contribution in [0.5, 0.6) is 5.75 Å². The Balaban J connectivity index is 1.39. The third-order valence-corrected chi connectivity index (χ3v) is 6.82. The van der Waals surface area contributed by atoms with Gasteiger partial charge in [-0.1, -0.05) is 37.6 Å². The number of piperidine rings is 1. The summed E-state index contributed by atoms with van der Waals surface area (Å²) in [5.41, 5.74) is 3.77. The van der Waals surface area contributed by atoms with E-state index < -0.39 is 0 Å². The molecule has 0 N–H and O–H groups in total. The first-order chi connectivity index (χ1) is 17.3. The highest BCUT2D eigenvalue weighted by molar-refractivity contribution is 6.30. The topological polar surface area (TPSA) is 71.2 Å². The smallest absolute Gasteiger partial charge is 0.228 e. The molecule has 4 rings (SSSR count). The highest BCUT2D eigenvalue weighted by Gasteiger charge is 2.28. The van der Waals surface area contributed by atoms with Crippen molar-refractivity contribution >= 4 is 23.3 Å². The minimum atomic E-state index is 0.116. The van der Waals surface area contributed by atoms with E-state index in [1.54, 1.807) is 0 Å². The highest BCUT2D eigenvalue weighted by atomic mass is 35.5. The zero-order valence-electron chi connectivity index (χ0n) is 21.2. The first kappa shape index (κ1) is 25.8. The van der Waals surface area contributed by atoms with Gasteiger partial charge >= 0.3 is 0 Å². The average molecular weight is 505 g/mol. The van der Waals surface area contributed by atoms with Gasteiger partial charge in [0.05, 0.1) is 24.8 Å². The van der Waals surface area contributed by atoms with Crippen molar-refractivity contribution in [1.82, 2.24) is 9.78 Å². The Bertz CT molecular complexity index is 1260. The van der Waals surface area contributed by atoms with Gasteiger partial charge in [-0.15, -0.1) is 0 Å². The van der Waals surface area contributed by atoms with Crippen LogP contribution in [0.15, 0.2) is 48.5 Å². The van der Waals surface area contributed by atoms with E-state index in [-0.39, 0.29) is 5.91 Å². The number of nitrogens with zero attached hydrogens (tertiary/aromatic N) is 4. The van der Waals surface area contributed by atoms with Crippen molar-refractivity contribution in [3.8, 4) is 11.8 Å². The molecular formula is C29H33ClN4O2. The van der Waals surface area contributed by atoms with Crippen LogP contribution in [0, 0.1) is 30.1 Å². The molecular weight excluding hydrogens is 472 g/mol. The number of ether oxygens (including phenoxy) is 1. The van der Waals surface area contributed by atoms with Crippen LogP contribution in [0.3, 0.4) is 0 Å². The Kier molecular flexibility index (Phi) is 8.32. The standard InChI is InChI=1S/C29H33ClN4O2/c1-20(2)19-36-27-10-9-26(30)16-25(27)18-34-21(3)13-28(32-34)33-12-11-23(15-29(33)35)8-7-22-5-4-6-24(14-22)17-31/h4-6,9-10,13-14,16,20,23H,7-8,11-12,15,18-19H2,1-3H3. The molecule has 0 bridgehead atoms. The van der Waals surface area contributed by atoms with Crippen LogP contribution in [0.2, 0.25) is 5.02 Å². The fraction of sp³-hybridized carbons (Fsp3) is 0.414. The number of aryl methyl sites for hydroxylation is 2. The normalized spacial score (nSPS) is 15.8. The number of hydrogen-bond donors (Lipinski definition) is 0. The number of carbonyl (C=O) groups is 1. The average Bonchev–Trinajstić information content (AvgIpc) is 3.22. The molecule has 1 atom stereocenters.